The molecule has 0 saturated carbocycles. The highest BCUT2D eigenvalue weighted by Gasteiger charge is 2.01. The van der Waals surface area contributed by atoms with E-state index >= 15 is 0 Å². The highest BCUT2D eigenvalue weighted by Crippen LogP contribution is 2.17. The van der Waals surface area contributed by atoms with Crippen molar-refractivity contribution < 1.29 is 14.6 Å². The second-order valence-corrected chi connectivity index (χ2v) is 3.20. The van der Waals surface area contributed by atoms with Crippen LogP contribution in [0.15, 0.2) is 24.3 Å². The molecule has 0 aromatic heterocycles. The number of nitrogens with two attached hydrogens (primary N) is 1. The summed E-state index contributed by atoms with van der Waals surface area (Å²) in [4.78, 5) is 0. The lowest BCUT2D eigenvalue weighted by Gasteiger charge is -2.09. The Balaban J connectivity index is 2.31. The van der Waals surface area contributed by atoms with Crippen LogP contribution < -0.4 is 15.2 Å². The monoisotopic (exact) mass is 211 g/mol. The van der Waals surface area contributed by atoms with Gasteiger partial charge in [-0.3, -0.25) is 0 Å². The summed E-state index contributed by atoms with van der Waals surface area (Å²) < 4.78 is 10.4. The zero-order valence-electron chi connectivity index (χ0n) is 8.85. The van der Waals surface area contributed by atoms with Gasteiger partial charge in [0.05, 0.1) is 19.8 Å². The molecule has 0 aliphatic rings. The molecule has 0 bridgehead atoms. The Hall–Kier alpha value is -1.26. The second kappa shape index (κ2) is 6.27. The van der Waals surface area contributed by atoms with Crippen molar-refractivity contribution in [1.29, 1.82) is 0 Å². The molecule has 0 saturated heterocycles. The summed E-state index contributed by atoms with van der Waals surface area (Å²) in [5.41, 5.74) is 5.27. The van der Waals surface area contributed by atoms with Crippen molar-refractivity contribution >= 4 is 0 Å². The van der Waals surface area contributed by atoms with Gasteiger partial charge in [-0.1, -0.05) is 0 Å². The molecule has 1 atom stereocenters. The number of ether oxygens (including phenoxy) is 2. The first-order valence-electron chi connectivity index (χ1n) is 4.91. The van der Waals surface area contributed by atoms with Crippen LogP contribution in [0.2, 0.25) is 0 Å². The van der Waals surface area contributed by atoms with Gasteiger partial charge in [0.25, 0.3) is 0 Å². The third-order valence-corrected chi connectivity index (χ3v) is 2.05. The van der Waals surface area contributed by atoms with Crippen LogP contribution >= 0.6 is 0 Å². The van der Waals surface area contributed by atoms with E-state index < -0.39 is 6.10 Å². The summed E-state index contributed by atoms with van der Waals surface area (Å²) in [5, 5.41) is 9.19. The van der Waals surface area contributed by atoms with Gasteiger partial charge in [-0.15, -0.1) is 0 Å². The van der Waals surface area contributed by atoms with Crippen LogP contribution in [0, 0.1) is 0 Å². The van der Waals surface area contributed by atoms with E-state index in [1.807, 2.05) is 24.3 Å². The van der Waals surface area contributed by atoms with E-state index in [9.17, 15) is 5.11 Å². The van der Waals surface area contributed by atoms with E-state index in [0.29, 0.717) is 13.0 Å². The minimum absolute atomic E-state index is 0.270. The molecule has 0 spiro atoms. The highest BCUT2D eigenvalue weighted by atomic mass is 16.5. The molecule has 15 heavy (non-hydrogen) atoms. The van der Waals surface area contributed by atoms with Gasteiger partial charge < -0.3 is 20.3 Å². The fourth-order valence-electron chi connectivity index (χ4n) is 1.10. The number of rotatable bonds is 6. The number of hydrogen-bond acceptors (Lipinski definition) is 4. The first kappa shape index (κ1) is 11.8. The average molecular weight is 211 g/mol. The van der Waals surface area contributed by atoms with E-state index in [1.165, 1.54) is 0 Å². The average Bonchev–Trinajstić information content (AvgIpc) is 2.29. The molecule has 0 aliphatic carbocycles. The molecule has 0 heterocycles. The maximum atomic E-state index is 9.19. The summed E-state index contributed by atoms with van der Waals surface area (Å²) >= 11 is 0. The molecule has 4 heteroatoms. The molecule has 1 aromatic rings. The van der Waals surface area contributed by atoms with Crippen LogP contribution in [-0.2, 0) is 0 Å². The van der Waals surface area contributed by atoms with E-state index in [-0.39, 0.29) is 6.54 Å². The Morgan fingerprint density at radius 2 is 1.87 bits per heavy atom. The van der Waals surface area contributed by atoms with Crippen molar-refractivity contribution in [3.8, 4) is 11.5 Å². The Labute approximate surface area is 89.6 Å². The van der Waals surface area contributed by atoms with Gasteiger partial charge in [0.2, 0.25) is 0 Å². The van der Waals surface area contributed by atoms with Crippen LogP contribution in [0.1, 0.15) is 6.42 Å². The number of aliphatic hydroxyl groups excluding tert-OH is 1. The zero-order valence-corrected chi connectivity index (χ0v) is 8.85. The number of benzene rings is 1. The number of aliphatic hydroxyl groups is 1. The van der Waals surface area contributed by atoms with Gasteiger partial charge in [0.1, 0.15) is 11.5 Å². The predicted molar refractivity (Wildman–Crippen MR) is 58.2 cm³/mol. The summed E-state index contributed by atoms with van der Waals surface area (Å²) in [6, 6.07) is 7.31. The SMILES string of the molecule is COc1ccc(OCCC(O)CN)cc1. The van der Waals surface area contributed by atoms with Crippen molar-refractivity contribution in [3.05, 3.63) is 24.3 Å². The molecule has 0 aliphatic heterocycles. The molecule has 3 N–H and O–H groups in total. The summed E-state index contributed by atoms with van der Waals surface area (Å²) in [7, 11) is 1.62. The summed E-state index contributed by atoms with van der Waals surface area (Å²) in [5.74, 6) is 1.56. The van der Waals surface area contributed by atoms with E-state index in [4.69, 9.17) is 15.2 Å². The molecule has 0 fully saturated rings. The molecular weight excluding hydrogens is 194 g/mol. The van der Waals surface area contributed by atoms with Gasteiger partial charge in [-0.2, -0.15) is 0 Å². The third-order valence-electron chi connectivity index (χ3n) is 2.05. The molecule has 1 aromatic carbocycles. The normalized spacial score (nSPS) is 12.2. The van der Waals surface area contributed by atoms with Crippen LogP contribution in [0.3, 0.4) is 0 Å². The Morgan fingerprint density at radius 1 is 1.27 bits per heavy atom. The van der Waals surface area contributed by atoms with E-state index in [2.05, 4.69) is 0 Å². The van der Waals surface area contributed by atoms with Crippen molar-refractivity contribution in [1.82, 2.24) is 0 Å². The first-order chi connectivity index (χ1) is 7.26. The Morgan fingerprint density at radius 3 is 2.40 bits per heavy atom. The minimum Gasteiger partial charge on any atom is -0.497 e. The lowest BCUT2D eigenvalue weighted by atomic mass is 10.3. The fourth-order valence-corrected chi connectivity index (χ4v) is 1.10. The lowest BCUT2D eigenvalue weighted by Crippen LogP contribution is -2.21. The molecule has 0 amide bonds. The molecular formula is C11H17NO3. The molecule has 1 rings (SSSR count). The van der Waals surface area contributed by atoms with Crippen LogP contribution in [0.5, 0.6) is 11.5 Å². The van der Waals surface area contributed by atoms with Crippen molar-refractivity contribution in [2.24, 2.45) is 5.73 Å². The first-order valence-corrected chi connectivity index (χ1v) is 4.91. The number of methoxy groups -OCH3 is 1. The largest absolute Gasteiger partial charge is 0.497 e. The molecule has 4 nitrogen and oxygen atoms in total. The Kier molecular flexibility index (Phi) is 4.93. The summed E-state index contributed by atoms with van der Waals surface area (Å²) in [6.45, 7) is 0.733. The zero-order chi connectivity index (χ0) is 11.1. The molecule has 84 valence electrons. The fraction of sp³-hybridized carbons (Fsp3) is 0.455. The number of hydrogen-bond donors (Lipinski definition) is 2. The van der Waals surface area contributed by atoms with Gasteiger partial charge in [-0.05, 0) is 24.3 Å². The quantitative estimate of drug-likeness (QED) is 0.730. The molecule has 1 unspecified atom stereocenters. The van der Waals surface area contributed by atoms with Crippen molar-refractivity contribution in [2.75, 3.05) is 20.3 Å². The minimum atomic E-state index is -0.483. The van der Waals surface area contributed by atoms with E-state index in [0.717, 1.165) is 11.5 Å². The van der Waals surface area contributed by atoms with E-state index in [1.54, 1.807) is 7.11 Å². The standard InChI is InChI=1S/C11H17NO3/c1-14-10-2-4-11(5-3-10)15-7-6-9(13)8-12/h2-5,9,13H,6-8,12H2,1H3. The third kappa shape index (κ3) is 4.18. The smallest absolute Gasteiger partial charge is 0.119 e. The lowest BCUT2D eigenvalue weighted by molar-refractivity contribution is 0.146. The van der Waals surface area contributed by atoms with Gasteiger partial charge in [0, 0.05) is 13.0 Å². The highest BCUT2D eigenvalue weighted by molar-refractivity contribution is 5.31. The van der Waals surface area contributed by atoms with Gasteiger partial charge in [-0.25, -0.2) is 0 Å². The maximum Gasteiger partial charge on any atom is 0.119 e. The van der Waals surface area contributed by atoms with Crippen LogP contribution in [-0.4, -0.2) is 31.5 Å². The predicted octanol–water partition coefficient (Wildman–Crippen LogP) is 0.784. The summed E-state index contributed by atoms with van der Waals surface area (Å²) in [6.07, 6.45) is 0.0611. The van der Waals surface area contributed by atoms with Crippen molar-refractivity contribution in [2.45, 2.75) is 12.5 Å². The molecule has 0 radical (unpaired) electrons. The topological polar surface area (TPSA) is 64.7 Å². The van der Waals surface area contributed by atoms with Crippen LogP contribution in [0.25, 0.3) is 0 Å². The van der Waals surface area contributed by atoms with Crippen molar-refractivity contribution in [3.63, 3.8) is 0 Å². The van der Waals surface area contributed by atoms with Gasteiger partial charge >= 0.3 is 0 Å². The maximum absolute atomic E-state index is 9.19. The Bertz CT molecular complexity index is 274. The second-order valence-electron chi connectivity index (χ2n) is 3.20. The van der Waals surface area contributed by atoms with Gasteiger partial charge in [0.15, 0.2) is 0 Å². The van der Waals surface area contributed by atoms with Crippen LogP contribution in [0.4, 0.5) is 0 Å².